The molecule has 0 aliphatic carbocycles. The number of phenols is 1. The quantitative estimate of drug-likeness (QED) is 0.855. The number of hydrogen-bond acceptors (Lipinski definition) is 2. The van der Waals surface area contributed by atoms with Gasteiger partial charge in [0.15, 0.2) is 0 Å². The molecule has 2 rings (SSSR count). The summed E-state index contributed by atoms with van der Waals surface area (Å²) in [5.74, 6) is 0.340. The number of nitrogens with zero attached hydrogens (tertiary/aromatic N) is 1. The zero-order valence-electron chi connectivity index (χ0n) is 10.6. The maximum Gasteiger partial charge on any atom is 0.139 e. The van der Waals surface area contributed by atoms with E-state index in [0.717, 1.165) is 17.3 Å². The molecule has 1 aromatic carbocycles. The molecule has 92 valence electrons. The standard InChI is InChI=1S/C14H20N2O/c1-9(2)16-8-11(7-10(3)15)12-5-4-6-13(17)14(12)16/h4-6,8-10,17H,7,15H2,1-3H3. The van der Waals surface area contributed by atoms with Crippen LogP contribution in [0.1, 0.15) is 32.4 Å². The Bertz CT molecular complexity index is 526. The van der Waals surface area contributed by atoms with Crippen LogP contribution in [0, 0.1) is 0 Å². The summed E-state index contributed by atoms with van der Waals surface area (Å²) < 4.78 is 2.11. The van der Waals surface area contributed by atoms with E-state index in [1.54, 1.807) is 6.07 Å². The minimum Gasteiger partial charge on any atom is -0.506 e. The number of fused-ring (bicyclic) bond motifs is 1. The maximum atomic E-state index is 10.00. The summed E-state index contributed by atoms with van der Waals surface area (Å²) in [7, 11) is 0. The summed E-state index contributed by atoms with van der Waals surface area (Å²) in [6.07, 6.45) is 2.94. The molecule has 0 amide bonds. The topological polar surface area (TPSA) is 51.2 Å². The molecule has 3 N–H and O–H groups in total. The molecule has 3 nitrogen and oxygen atoms in total. The third-order valence-corrected chi connectivity index (χ3v) is 3.01. The van der Waals surface area contributed by atoms with Crippen LogP contribution in [-0.2, 0) is 6.42 Å². The van der Waals surface area contributed by atoms with Gasteiger partial charge in [0.2, 0.25) is 0 Å². The van der Waals surface area contributed by atoms with Gasteiger partial charge in [0.25, 0.3) is 0 Å². The van der Waals surface area contributed by atoms with E-state index >= 15 is 0 Å². The normalized spacial score (nSPS) is 13.5. The highest BCUT2D eigenvalue weighted by atomic mass is 16.3. The Kier molecular flexibility index (Phi) is 3.11. The molecule has 0 aliphatic rings. The molecule has 1 atom stereocenters. The van der Waals surface area contributed by atoms with E-state index in [1.807, 2.05) is 19.1 Å². The van der Waals surface area contributed by atoms with Gasteiger partial charge in [0.05, 0.1) is 5.52 Å². The fourth-order valence-corrected chi connectivity index (χ4v) is 2.28. The largest absolute Gasteiger partial charge is 0.506 e. The van der Waals surface area contributed by atoms with Crippen molar-refractivity contribution in [3.05, 3.63) is 30.0 Å². The van der Waals surface area contributed by atoms with Crippen molar-refractivity contribution in [1.82, 2.24) is 4.57 Å². The zero-order chi connectivity index (χ0) is 12.6. The van der Waals surface area contributed by atoms with Crippen LogP contribution in [0.15, 0.2) is 24.4 Å². The van der Waals surface area contributed by atoms with E-state index in [-0.39, 0.29) is 6.04 Å². The molecule has 1 aromatic heterocycles. The third kappa shape index (κ3) is 2.15. The Morgan fingerprint density at radius 2 is 2.00 bits per heavy atom. The van der Waals surface area contributed by atoms with Gasteiger partial charge in [-0.2, -0.15) is 0 Å². The number of phenolic OH excluding ortho intramolecular Hbond substituents is 1. The van der Waals surface area contributed by atoms with Crippen molar-refractivity contribution in [1.29, 1.82) is 0 Å². The van der Waals surface area contributed by atoms with Gasteiger partial charge in [-0.3, -0.25) is 0 Å². The van der Waals surface area contributed by atoms with Gasteiger partial charge in [-0.25, -0.2) is 0 Å². The Hall–Kier alpha value is -1.48. The average Bonchev–Trinajstić information content (AvgIpc) is 2.58. The Morgan fingerprint density at radius 1 is 1.29 bits per heavy atom. The molecule has 3 heteroatoms. The summed E-state index contributed by atoms with van der Waals surface area (Å²) in [6.45, 7) is 6.23. The van der Waals surface area contributed by atoms with Gasteiger partial charge >= 0.3 is 0 Å². The van der Waals surface area contributed by atoms with Crippen molar-refractivity contribution in [3.8, 4) is 5.75 Å². The number of aromatic hydroxyl groups is 1. The van der Waals surface area contributed by atoms with E-state index < -0.39 is 0 Å². The molecule has 0 fully saturated rings. The highest BCUT2D eigenvalue weighted by molar-refractivity contribution is 5.89. The molecule has 0 saturated heterocycles. The minimum atomic E-state index is 0.128. The van der Waals surface area contributed by atoms with Crippen molar-refractivity contribution >= 4 is 10.9 Å². The van der Waals surface area contributed by atoms with Crippen LogP contribution in [0.2, 0.25) is 0 Å². The molecule has 0 radical (unpaired) electrons. The highest BCUT2D eigenvalue weighted by Crippen LogP contribution is 2.31. The number of rotatable bonds is 3. The Balaban J connectivity index is 2.66. The molecule has 2 aromatic rings. The van der Waals surface area contributed by atoms with E-state index in [2.05, 4.69) is 24.6 Å². The van der Waals surface area contributed by atoms with Gasteiger partial charge < -0.3 is 15.4 Å². The van der Waals surface area contributed by atoms with Gasteiger partial charge in [-0.05, 0) is 38.8 Å². The lowest BCUT2D eigenvalue weighted by Crippen LogP contribution is -2.17. The summed E-state index contributed by atoms with van der Waals surface area (Å²) in [4.78, 5) is 0. The predicted octanol–water partition coefficient (Wildman–Crippen LogP) is 2.82. The fraction of sp³-hybridized carbons (Fsp3) is 0.429. The van der Waals surface area contributed by atoms with Crippen molar-refractivity contribution in [3.63, 3.8) is 0 Å². The molecule has 0 saturated carbocycles. The lowest BCUT2D eigenvalue weighted by atomic mass is 10.1. The van der Waals surface area contributed by atoms with Crippen molar-refractivity contribution < 1.29 is 5.11 Å². The number of hydrogen-bond donors (Lipinski definition) is 2. The molecule has 0 aliphatic heterocycles. The number of aromatic nitrogens is 1. The number of nitrogens with two attached hydrogens (primary N) is 1. The predicted molar refractivity (Wildman–Crippen MR) is 71.3 cm³/mol. The van der Waals surface area contributed by atoms with Gasteiger partial charge in [0, 0.05) is 23.7 Å². The molecule has 0 bridgehead atoms. The lowest BCUT2D eigenvalue weighted by molar-refractivity contribution is 0.475. The average molecular weight is 232 g/mol. The van der Waals surface area contributed by atoms with E-state index in [1.165, 1.54) is 5.56 Å². The van der Waals surface area contributed by atoms with Crippen LogP contribution >= 0.6 is 0 Å². The molecular formula is C14H20N2O. The van der Waals surface area contributed by atoms with Crippen molar-refractivity contribution in [2.45, 2.75) is 39.3 Å². The summed E-state index contributed by atoms with van der Waals surface area (Å²) in [6, 6.07) is 6.12. The zero-order valence-corrected chi connectivity index (χ0v) is 10.6. The van der Waals surface area contributed by atoms with Crippen LogP contribution in [-0.4, -0.2) is 15.7 Å². The van der Waals surface area contributed by atoms with E-state index in [4.69, 9.17) is 5.73 Å². The summed E-state index contributed by atoms with van der Waals surface area (Å²) in [5.41, 5.74) is 7.99. The first-order chi connectivity index (χ1) is 8.00. The van der Waals surface area contributed by atoms with Crippen LogP contribution in [0.3, 0.4) is 0 Å². The second-order valence-electron chi connectivity index (χ2n) is 5.01. The smallest absolute Gasteiger partial charge is 0.139 e. The van der Waals surface area contributed by atoms with E-state index in [0.29, 0.717) is 11.8 Å². The Labute approximate surface area is 102 Å². The maximum absolute atomic E-state index is 10.00. The first kappa shape index (κ1) is 12.0. The Morgan fingerprint density at radius 3 is 2.59 bits per heavy atom. The first-order valence-electron chi connectivity index (χ1n) is 6.07. The van der Waals surface area contributed by atoms with Crippen molar-refractivity contribution in [2.75, 3.05) is 0 Å². The van der Waals surface area contributed by atoms with Crippen molar-refractivity contribution in [2.24, 2.45) is 5.73 Å². The minimum absolute atomic E-state index is 0.128. The van der Waals surface area contributed by atoms with Crippen LogP contribution < -0.4 is 5.73 Å². The second-order valence-corrected chi connectivity index (χ2v) is 5.01. The van der Waals surface area contributed by atoms with Gasteiger partial charge in [-0.1, -0.05) is 12.1 Å². The monoisotopic (exact) mass is 232 g/mol. The number of para-hydroxylation sites is 1. The van der Waals surface area contributed by atoms with Gasteiger partial charge in [-0.15, -0.1) is 0 Å². The molecule has 0 spiro atoms. The van der Waals surface area contributed by atoms with Gasteiger partial charge in [0.1, 0.15) is 5.75 Å². The summed E-state index contributed by atoms with van der Waals surface area (Å²) >= 11 is 0. The first-order valence-corrected chi connectivity index (χ1v) is 6.07. The SMILES string of the molecule is CC(N)Cc1cn(C(C)C)c2c(O)cccc12. The third-order valence-electron chi connectivity index (χ3n) is 3.01. The van der Waals surface area contributed by atoms with Crippen LogP contribution in [0.25, 0.3) is 10.9 Å². The fourth-order valence-electron chi connectivity index (χ4n) is 2.28. The lowest BCUT2D eigenvalue weighted by Gasteiger charge is -2.09. The van der Waals surface area contributed by atoms with Crippen LogP contribution in [0.4, 0.5) is 0 Å². The number of benzene rings is 1. The molecule has 1 heterocycles. The second kappa shape index (κ2) is 4.41. The summed E-state index contributed by atoms with van der Waals surface area (Å²) in [5, 5.41) is 11.1. The molecular weight excluding hydrogens is 212 g/mol. The molecule has 1 unspecified atom stereocenters. The van der Waals surface area contributed by atoms with E-state index in [9.17, 15) is 5.11 Å². The molecule has 17 heavy (non-hydrogen) atoms. The highest BCUT2D eigenvalue weighted by Gasteiger charge is 2.14. The van der Waals surface area contributed by atoms with Crippen LogP contribution in [0.5, 0.6) is 5.75 Å².